The predicted octanol–water partition coefficient (Wildman–Crippen LogP) is 2.56. The van der Waals surface area contributed by atoms with Gasteiger partial charge in [0.2, 0.25) is 0 Å². The highest BCUT2D eigenvalue weighted by Crippen LogP contribution is 2.35. The summed E-state index contributed by atoms with van der Waals surface area (Å²) < 4.78 is 0. The second-order valence-electron chi connectivity index (χ2n) is 4.11. The van der Waals surface area contributed by atoms with Gasteiger partial charge in [-0.15, -0.1) is 0 Å². The maximum absolute atomic E-state index is 10.8. The number of aliphatic hydroxyl groups is 1. The maximum Gasteiger partial charge on any atom is 0.407 e. The molecule has 2 N–H and O–H groups in total. The third-order valence-corrected chi connectivity index (χ3v) is 3.71. The first kappa shape index (κ1) is 12.5. The molecule has 2 rings (SSSR count). The number of amides is 1. The number of halogens is 2. The molecule has 0 aromatic heterocycles. The third-order valence-electron chi connectivity index (χ3n) is 2.98. The van der Waals surface area contributed by atoms with Crippen molar-refractivity contribution in [1.82, 2.24) is 4.90 Å². The van der Waals surface area contributed by atoms with E-state index in [2.05, 4.69) is 0 Å². The van der Waals surface area contributed by atoms with Crippen LogP contribution in [0.2, 0.25) is 10.0 Å². The van der Waals surface area contributed by atoms with E-state index >= 15 is 0 Å². The summed E-state index contributed by atoms with van der Waals surface area (Å²) in [7, 11) is 0. The summed E-state index contributed by atoms with van der Waals surface area (Å²) in [5.41, 5.74) is -0.581. The Morgan fingerprint density at radius 3 is 2.59 bits per heavy atom. The fourth-order valence-corrected chi connectivity index (χ4v) is 2.28. The molecule has 6 heteroatoms. The number of hydrogen-bond donors (Lipinski definition) is 2. The Bertz CT molecular complexity index is 466. The van der Waals surface area contributed by atoms with Gasteiger partial charge in [0, 0.05) is 6.54 Å². The average molecular weight is 276 g/mol. The van der Waals surface area contributed by atoms with Crippen molar-refractivity contribution in [2.24, 2.45) is 0 Å². The van der Waals surface area contributed by atoms with E-state index in [-0.39, 0.29) is 6.54 Å². The Kier molecular flexibility index (Phi) is 3.21. The predicted molar refractivity (Wildman–Crippen MR) is 64.6 cm³/mol. The highest BCUT2D eigenvalue weighted by molar-refractivity contribution is 6.42. The summed E-state index contributed by atoms with van der Waals surface area (Å²) in [5, 5.41) is 20.0. The molecule has 1 heterocycles. The zero-order chi connectivity index (χ0) is 12.6. The van der Waals surface area contributed by atoms with Crippen LogP contribution in [-0.2, 0) is 5.60 Å². The van der Waals surface area contributed by atoms with Gasteiger partial charge in [-0.05, 0) is 24.1 Å². The van der Waals surface area contributed by atoms with Crippen molar-refractivity contribution in [3.8, 4) is 0 Å². The van der Waals surface area contributed by atoms with E-state index in [9.17, 15) is 9.90 Å². The third kappa shape index (κ3) is 2.34. The summed E-state index contributed by atoms with van der Waals surface area (Å²) in [5.74, 6) is 0. The molecule has 0 aliphatic carbocycles. The van der Waals surface area contributed by atoms with Crippen LogP contribution in [0.4, 0.5) is 4.79 Å². The molecule has 1 aliphatic heterocycles. The summed E-state index contributed by atoms with van der Waals surface area (Å²) in [6, 6.07) is 4.84. The van der Waals surface area contributed by atoms with E-state index in [1.165, 1.54) is 4.90 Å². The molecule has 1 aromatic carbocycles. The largest absolute Gasteiger partial charge is 0.465 e. The molecule has 1 aliphatic rings. The van der Waals surface area contributed by atoms with E-state index in [0.29, 0.717) is 28.6 Å². The van der Waals surface area contributed by atoms with Crippen molar-refractivity contribution < 1.29 is 15.0 Å². The number of rotatable bonds is 1. The molecule has 0 saturated carbocycles. The topological polar surface area (TPSA) is 60.8 Å². The van der Waals surface area contributed by atoms with Crippen LogP contribution >= 0.6 is 23.2 Å². The van der Waals surface area contributed by atoms with Gasteiger partial charge < -0.3 is 15.1 Å². The average Bonchev–Trinajstić information content (AvgIpc) is 2.66. The molecule has 1 amide bonds. The minimum absolute atomic E-state index is 0.0558. The highest BCUT2D eigenvalue weighted by atomic mass is 35.5. The number of likely N-dealkylation sites (tertiary alicyclic amines) is 1. The van der Waals surface area contributed by atoms with Gasteiger partial charge in [0.05, 0.1) is 16.6 Å². The number of hydrogen-bond acceptors (Lipinski definition) is 2. The highest BCUT2D eigenvalue weighted by Gasteiger charge is 2.39. The molecule has 4 nitrogen and oxygen atoms in total. The Labute approximate surface area is 108 Å². The standard InChI is InChI=1S/C11H11Cl2NO3/c12-8-2-1-7(5-9(8)13)11(17)3-4-14(6-11)10(15)16/h1-2,5,17H,3-4,6H2,(H,15,16). The molecular formula is C11H11Cl2NO3. The summed E-state index contributed by atoms with van der Waals surface area (Å²) in [4.78, 5) is 12.0. The van der Waals surface area contributed by atoms with Gasteiger partial charge in [-0.3, -0.25) is 0 Å². The van der Waals surface area contributed by atoms with Crippen molar-refractivity contribution in [1.29, 1.82) is 0 Å². The molecule has 1 atom stereocenters. The van der Waals surface area contributed by atoms with Crippen molar-refractivity contribution in [2.75, 3.05) is 13.1 Å². The Balaban J connectivity index is 2.27. The van der Waals surface area contributed by atoms with Crippen LogP contribution in [0.25, 0.3) is 0 Å². The molecule has 1 unspecified atom stereocenters. The summed E-state index contributed by atoms with van der Waals surface area (Å²) in [6.45, 7) is 0.367. The fraction of sp³-hybridized carbons (Fsp3) is 0.364. The van der Waals surface area contributed by atoms with Gasteiger partial charge in [-0.2, -0.15) is 0 Å². The van der Waals surface area contributed by atoms with Crippen molar-refractivity contribution in [2.45, 2.75) is 12.0 Å². The minimum Gasteiger partial charge on any atom is -0.465 e. The summed E-state index contributed by atoms with van der Waals surface area (Å²) in [6.07, 6.45) is -0.668. The number of β-amino-alcohol motifs (C(OH)–C–C–N with tert-alkyl or cyclic N) is 1. The molecule has 17 heavy (non-hydrogen) atoms. The molecule has 0 spiro atoms. The van der Waals surface area contributed by atoms with Crippen molar-refractivity contribution >= 4 is 29.3 Å². The first-order chi connectivity index (χ1) is 7.92. The minimum atomic E-state index is -1.17. The Hall–Kier alpha value is -0.970. The van der Waals surface area contributed by atoms with E-state index in [0.717, 1.165) is 0 Å². The normalized spacial score (nSPS) is 24.1. The quantitative estimate of drug-likeness (QED) is 0.828. The lowest BCUT2D eigenvalue weighted by Gasteiger charge is -2.23. The molecular weight excluding hydrogens is 265 g/mol. The number of benzene rings is 1. The van der Waals surface area contributed by atoms with Crippen molar-refractivity contribution in [3.05, 3.63) is 33.8 Å². The van der Waals surface area contributed by atoms with Crippen LogP contribution in [0.1, 0.15) is 12.0 Å². The fourth-order valence-electron chi connectivity index (χ4n) is 1.98. The maximum atomic E-state index is 10.8. The molecule has 1 aromatic rings. The van der Waals surface area contributed by atoms with Crippen LogP contribution in [0.5, 0.6) is 0 Å². The zero-order valence-corrected chi connectivity index (χ0v) is 10.4. The number of nitrogens with zero attached hydrogens (tertiary/aromatic N) is 1. The Morgan fingerprint density at radius 2 is 2.06 bits per heavy atom. The van der Waals surface area contributed by atoms with E-state index in [1.54, 1.807) is 18.2 Å². The van der Waals surface area contributed by atoms with Crippen LogP contribution in [0.3, 0.4) is 0 Å². The van der Waals surface area contributed by atoms with Gasteiger partial charge >= 0.3 is 6.09 Å². The molecule has 92 valence electrons. The number of carbonyl (C=O) groups is 1. The summed E-state index contributed by atoms with van der Waals surface area (Å²) >= 11 is 11.7. The van der Waals surface area contributed by atoms with Crippen LogP contribution in [-0.4, -0.2) is 34.3 Å². The van der Waals surface area contributed by atoms with Crippen molar-refractivity contribution in [3.63, 3.8) is 0 Å². The van der Waals surface area contributed by atoms with E-state index in [1.807, 2.05) is 0 Å². The molecule has 1 fully saturated rings. The monoisotopic (exact) mass is 275 g/mol. The van der Waals surface area contributed by atoms with Gasteiger partial charge in [0.1, 0.15) is 5.60 Å². The first-order valence-corrected chi connectivity index (χ1v) is 5.84. The van der Waals surface area contributed by atoms with Crippen LogP contribution in [0.15, 0.2) is 18.2 Å². The lowest BCUT2D eigenvalue weighted by atomic mass is 9.93. The van der Waals surface area contributed by atoms with E-state index in [4.69, 9.17) is 28.3 Å². The van der Waals surface area contributed by atoms with Crippen LogP contribution in [0, 0.1) is 0 Å². The van der Waals surface area contributed by atoms with Crippen LogP contribution < -0.4 is 0 Å². The molecule has 1 saturated heterocycles. The SMILES string of the molecule is O=C(O)N1CCC(O)(c2ccc(Cl)c(Cl)c2)C1. The lowest BCUT2D eigenvalue weighted by molar-refractivity contribution is 0.0459. The second-order valence-corrected chi connectivity index (χ2v) is 4.93. The van der Waals surface area contributed by atoms with Gasteiger partial charge in [-0.1, -0.05) is 29.3 Å². The van der Waals surface area contributed by atoms with Gasteiger partial charge in [0.15, 0.2) is 0 Å². The van der Waals surface area contributed by atoms with E-state index < -0.39 is 11.7 Å². The number of carboxylic acid groups (broad SMARTS) is 1. The smallest absolute Gasteiger partial charge is 0.407 e. The second kappa shape index (κ2) is 4.37. The van der Waals surface area contributed by atoms with Gasteiger partial charge in [-0.25, -0.2) is 4.79 Å². The Morgan fingerprint density at radius 1 is 1.35 bits per heavy atom. The molecule has 0 bridgehead atoms. The van der Waals surface area contributed by atoms with Gasteiger partial charge in [0.25, 0.3) is 0 Å². The lowest BCUT2D eigenvalue weighted by Crippen LogP contribution is -2.33. The zero-order valence-electron chi connectivity index (χ0n) is 8.86. The first-order valence-electron chi connectivity index (χ1n) is 5.08. The molecule has 0 radical (unpaired) electrons.